The number of pyridine rings is 1. The van der Waals surface area contributed by atoms with E-state index in [4.69, 9.17) is 4.42 Å². The lowest BCUT2D eigenvalue weighted by Gasteiger charge is -2.56. The highest BCUT2D eigenvalue weighted by Gasteiger charge is 2.45. The molecule has 0 radical (unpaired) electrons. The zero-order valence-corrected chi connectivity index (χ0v) is 15.0. The minimum Gasteiger partial charge on any atom is -0.424 e. The summed E-state index contributed by atoms with van der Waals surface area (Å²) in [5, 5.41) is 8.44. The van der Waals surface area contributed by atoms with Crippen LogP contribution in [0.3, 0.4) is 0 Å². The highest BCUT2D eigenvalue weighted by molar-refractivity contribution is 9.10. The van der Waals surface area contributed by atoms with E-state index in [1.807, 2.05) is 12.4 Å². The van der Waals surface area contributed by atoms with Crippen molar-refractivity contribution in [3.05, 3.63) is 40.3 Å². The highest BCUT2D eigenvalue weighted by atomic mass is 79.9. The molecule has 6 rings (SSSR count). The molecule has 0 amide bonds. The van der Waals surface area contributed by atoms with Crippen LogP contribution in [0.4, 0.5) is 0 Å². The van der Waals surface area contributed by atoms with E-state index in [0.717, 1.165) is 42.4 Å². The molecule has 6 nitrogen and oxygen atoms in total. The van der Waals surface area contributed by atoms with Crippen LogP contribution in [0.5, 0.6) is 0 Å². The van der Waals surface area contributed by atoms with Crippen molar-refractivity contribution in [2.75, 3.05) is 13.1 Å². The van der Waals surface area contributed by atoms with Gasteiger partial charge >= 0.3 is 0 Å². The van der Waals surface area contributed by atoms with E-state index in [2.05, 4.69) is 47.0 Å². The first-order chi connectivity index (χ1) is 11.7. The molecule has 24 heavy (non-hydrogen) atoms. The van der Waals surface area contributed by atoms with Crippen LogP contribution >= 0.6 is 15.9 Å². The fourth-order valence-electron chi connectivity index (χ4n) is 3.94. The average Bonchev–Trinajstić information content (AvgIpc) is 3.32. The molecule has 4 aliphatic rings. The monoisotopic (exact) mass is 389 g/mol. The van der Waals surface area contributed by atoms with Crippen LogP contribution in [0, 0.1) is 0 Å². The number of hydrogen-bond acceptors (Lipinski definition) is 6. The quantitative estimate of drug-likeness (QED) is 0.782. The maximum Gasteiger partial charge on any atom is 0.230 e. The van der Waals surface area contributed by atoms with Crippen LogP contribution < -0.4 is 0 Å². The van der Waals surface area contributed by atoms with Gasteiger partial charge in [-0.3, -0.25) is 14.8 Å². The number of aromatic nitrogens is 3. The predicted molar refractivity (Wildman–Crippen MR) is 91.2 cm³/mol. The summed E-state index contributed by atoms with van der Waals surface area (Å²) in [6.45, 7) is 3.99. The molecule has 5 heterocycles. The largest absolute Gasteiger partial charge is 0.424 e. The van der Waals surface area contributed by atoms with Crippen molar-refractivity contribution < 1.29 is 4.42 Å². The number of rotatable bonds is 5. The molecular weight excluding hydrogens is 370 g/mol. The molecule has 1 aliphatic carbocycles. The van der Waals surface area contributed by atoms with Gasteiger partial charge in [0, 0.05) is 54.5 Å². The lowest BCUT2D eigenvalue weighted by Crippen LogP contribution is -2.67. The van der Waals surface area contributed by atoms with Crippen molar-refractivity contribution in [3.63, 3.8) is 0 Å². The van der Waals surface area contributed by atoms with Gasteiger partial charge in [-0.1, -0.05) is 0 Å². The number of nitrogens with zero attached hydrogens (tertiary/aromatic N) is 5. The van der Waals surface area contributed by atoms with Crippen LogP contribution in [0.2, 0.25) is 0 Å². The predicted octanol–water partition coefficient (Wildman–Crippen LogP) is 2.56. The van der Waals surface area contributed by atoms with Gasteiger partial charge < -0.3 is 4.42 Å². The third-order valence-corrected chi connectivity index (χ3v) is 5.75. The second-order valence-corrected chi connectivity index (χ2v) is 8.15. The SMILES string of the molecule is Brc1cncc(CN2CC3CC(C2)N3Cc2nnc(C3CC3)o2)c1. The van der Waals surface area contributed by atoms with E-state index in [0.29, 0.717) is 18.0 Å². The van der Waals surface area contributed by atoms with Gasteiger partial charge in [0.15, 0.2) is 0 Å². The lowest BCUT2D eigenvalue weighted by molar-refractivity contribution is -0.0814. The summed E-state index contributed by atoms with van der Waals surface area (Å²) >= 11 is 3.50. The Morgan fingerprint density at radius 1 is 1.12 bits per heavy atom. The topological polar surface area (TPSA) is 58.3 Å². The Bertz CT molecular complexity index is 734. The molecule has 2 unspecified atom stereocenters. The summed E-state index contributed by atoms with van der Waals surface area (Å²) in [7, 11) is 0. The Morgan fingerprint density at radius 2 is 1.96 bits per heavy atom. The highest BCUT2D eigenvalue weighted by Crippen LogP contribution is 2.39. The van der Waals surface area contributed by atoms with Gasteiger partial charge in [-0.25, -0.2) is 0 Å². The van der Waals surface area contributed by atoms with Crippen molar-refractivity contribution in [3.8, 4) is 0 Å². The number of piperidine rings is 1. The van der Waals surface area contributed by atoms with Gasteiger partial charge in [0.2, 0.25) is 11.8 Å². The molecule has 0 aromatic carbocycles. The molecule has 1 saturated carbocycles. The maximum absolute atomic E-state index is 5.82. The summed E-state index contributed by atoms with van der Waals surface area (Å²) in [4.78, 5) is 9.32. The Morgan fingerprint density at radius 3 is 2.71 bits per heavy atom. The molecular formula is C17H20BrN5O. The molecule has 2 atom stereocenters. The van der Waals surface area contributed by atoms with Gasteiger partial charge in [-0.2, -0.15) is 0 Å². The average molecular weight is 390 g/mol. The Hall–Kier alpha value is -1.31. The molecule has 0 spiro atoms. The van der Waals surface area contributed by atoms with E-state index in [1.165, 1.54) is 24.8 Å². The fraction of sp³-hybridized carbons (Fsp3) is 0.588. The number of hydrogen-bond donors (Lipinski definition) is 0. The van der Waals surface area contributed by atoms with Gasteiger partial charge in [-0.15, -0.1) is 10.2 Å². The normalized spacial score (nSPS) is 27.2. The first-order valence-corrected chi connectivity index (χ1v) is 9.44. The lowest BCUT2D eigenvalue weighted by atomic mass is 9.87. The molecule has 7 heteroatoms. The fourth-order valence-corrected chi connectivity index (χ4v) is 4.36. The standard InChI is InChI=1S/C17H20BrN5O/c18-13-3-11(5-19-6-13)7-22-8-14-4-15(9-22)23(14)10-16-20-21-17(24-16)12-1-2-12/h3,5-6,12,14-15H,1-2,4,7-10H2. The van der Waals surface area contributed by atoms with E-state index in [9.17, 15) is 0 Å². The summed E-state index contributed by atoms with van der Waals surface area (Å²) < 4.78 is 6.87. The number of halogens is 1. The zero-order chi connectivity index (χ0) is 16.1. The van der Waals surface area contributed by atoms with Crippen molar-refractivity contribution in [1.29, 1.82) is 0 Å². The van der Waals surface area contributed by atoms with E-state index >= 15 is 0 Å². The summed E-state index contributed by atoms with van der Waals surface area (Å²) in [5.41, 5.74) is 1.27. The third-order valence-electron chi connectivity index (χ3n) is 5.31. The van der Waals surface area contributed by atoms with Crippen LogP contribution in [0.15, 0.2) is 27.3 Å². The van der Waals surface area contributed by atoms with Crippen molar-refractivity contribution in [2.24, 2.45) is 0 Å². The van der Waals surface area contributed by atoms with Crippen molar-refractivity contribution >= 4 is 15.9 Å². The van der Waals surface area contributed by atoms with E-state index in [1.54, 1.807) is 0 Å². The van der Waals surface area contributed by atoms with Crippen LogP contribution in [-0.2, 0) is 13.1 Å². The second-order valence-electron chi connectivity index (χ2n) is 7.23. The molecule has 2 bridgehead atoms. The first-order valence-electron chi connectivity index (χ1n) is 8.64. The summed E-state index contributed by atoms with van der Waals surface area (Å²) in [6.07, 6.45) is 7.49. The molecule has 2 aromatic heterocycles. The maximum atomic E-state index is 5.82. The number of piperazine rings is 1. The van der Waals surface area contributed by atoms with Gasteiger partial charge in [0.1, 0.15) is 0 Å². The van der Waals surface area contributed by atoms with Crippen LogP contribution in [-0.4, -0.2) is 50.2 Å². The molecule has 0 N–H and O–H groups in total. The van der Waals surface area contributed by atoms with Gasteiger partial charge in [0.25, 0.3) is 0 Å². The second kappa shape index (κ2) is 5.89. The van der Waals surface area contributed by atoms with E-state index < -0.39 is 0 Å². The zero-order valence-electron chi connectivity index (χ0n) is 13.4. The van der Waals surface area contributed by atoms with Crippen molar-refractivity contribution in [2.45, 2.75) is 50.4 Å². The van der Waals surface area contributed by atoms with Crippen molar-refractivity contribution in [1.82, 2.24) is 25.0 Å². The first kappa shape index (κ1) is 15.0. The Kier molecular flexibility index (Phi) is 3.68. The molecule has 126 valence electrons. The smallest absolute Gasteiger partial charge is 0.230 e. The Labute approximate surface area is 149 Å². The van der Waals surface area contributed by atoms with Gasteiger partial charge in [-0.05, 0) is 46.8 Å². The molecule has 3 saturated heterocycles. The molecule has 3 aliphatic heterocycles. The van der Waals surface area contributed by atoms with Crippen LogP contribution in [0.25, 0.3) is 0 Å². The minimum absolute atomic E-state index is 0.538. The minimum atomic E-state index is 0.538. The number of fused-ring (bicyclic) bond motifs is 2. The van der Waals surface area contributed by atoms with Gasteiger partial charge in [0.05, 0.1) is 6.54 Å². The Balaban J connectivity index is 1.19. The summed E-state index contributed by atoms with van der Waals surface area (Å²) in [6, 6.07) is 3.38. The molecule has 2 aromatic rings. The van der Waals surface area contributed by atoms with Crippen LogP contribution in [0.1, 0.15) is 42.5 Å². The summed E-state index contributed by atoms with van der Waals surface area (Å²) in [5.74, 6) is 2.17. The third kappa shape index (κ3) is 2.89. The molecule has 4 fully saturated rings. The van der Waals surface area contributed by atoms with E-state index in [-0.39, 0.29) is 0 Å².